The minimum absolute atomic E-state index is 0.0152. The number of benzene rings is 2. The van der Waals surface area contributed by atoms with Gasteiger partial charge in [0, 0.05) is 12.7 Å². The van der Waals surface area contributed by atoms with Crippen LogP contribution in [0.2, 0.25) is 0 Å². The number of nitrogens with one attached hydrogen (secondary N) is 1. The van der Waals surface area contributed by atoms with E-state index in [9.17, 15) is 9.18 Å². The molecule has 2 aromatic carbocycles. The predicted octanol–water partition coefficient (Wildman–Crippen LogP) is 5.33. The number of thioether (sulfide) groups is 1. The molecule has 7 nitrogen and oxygen atoms in total. The second-order valence-electron chi connectivity index (χ2n) is 7.82. The van der Waals surface area contributed by atoms with E-state index >= 15 is 4.39 Å². The number of aromatic nitrogens is 4. The Balaban J connectivity index is 1.96. The zero-order valence-electron chi connectivity index (χ0n) is 19.3. The van der Waals surface area contributed by atoms with Crippen molar-refractivity contribution in [1.29, 1.82) is 0 Å². The molecule has 0 saturated carbocycles. The quantitative estimate of drug-likeness (QED) is 0.186. The summed E-state index contributed by atoms with van der Waals surface area (Å²) in [5.74, 6) is -0.0397. The summed E-state index contributed by atoms with van der Waals surface area (Å²) in [6.45, 7) is 3.74. The fourth-order valence-corrected chi connectivity index (χ4v) is 4.99. The molecule has 0 amide bonds. The number of hydrogen-bond acceptors (Lipinski definition) is 6. The molecule has 5 rings (SSSR count). The van der Waals surface area contributed by atoms with Crippen LogP contribution in [-0.2, 0) is 11.2 Å². The molecule has 10 heteroatoms. The minimum atomic E-state index is -0.725. The minimum Gasteiger partial charge on any atom is -0.468 e. The van der Waals surface area contributed by atoms with Crippen molar-refractivity contribution < 1.29 is 18.3 Å². The number of halogens is 2. The number of aryl methyl sites for hydroxylation is 1. The van der Waals surface area contributed by atoms with Gasteiger partial charge in [0.15, 0.2) is 17.8 Å². The number of H-pyrrole nitrogens is 1. The van der Waals surface area contributed by atoms with Crippen molar-refractivity contribution in [2.24, 2.45) is 0 Å². The van der Waals surface area contributed by atoms with Crippen molar-refractivity contribution >= 4 is 39.0 Å². The van der Waals surface area contributed by atoms with Gasteiger partial charge in [-0.2, -0.15) is 5.10 Å². The van der Waals surface area contributed by atoms with Crippen LogP contribution in [0, 0.1) is 11.6 Å². The molecule has 0 aliphatic carbocycles. The third-order valence-electron chi connectivity index (χ3n) is 5.80. The molecule has 3 aromatic heterocycles. The Morgan fingerprint density at radius 1 is 1.14 bits per heavy atom. The molecule has 0 fully saturated rings. The number of aromatic amines is 1. The van der Waals surface area contributed by atoms with Crippen LogP contribution in [0.3, 0.4) is 0 Å². The fourth-order valence-electron chi connectivity index (χ4n) is 4.39. The zero-order chi connectivity index (χ0) is 24.7. The maximum absolute atomic E-state index is 16.4. The molecular formula is C25H22F2N4O3S. The molecule has 1 N–H and O–H groups in total. The van der Waals surface area contributed by atoms with E-state index in [1.54, 1.807) is 24.3 Å². The van der Waals surface area contributed by atoms with Gasteiger partial charge in [-0.1, -0.05) is 31.7 Å². The van der Waals surface area contributed by atoms with Crippen LogP contribution in [0.25, 0.3) is 38.4 Å². The number of pyridine rings is 1. The number of hydrogen-bond donors (Lipinski definition) is 1. The molecule has 0 unspecified atom stereocenters. The Hall–Kier alpha value is -3.50. The third kappa shape index (κ3) is 3.82. The number of methoxy groups -OCH3 is 1. The lowest BCUT2D eigenvalue weighted by Gasteiger charge is -2.17. The van der Waals surface area contributed by atoms with E-state index in [1.807, 2.05) is 13.8 Å². The number of fused-ring (bicyclic) bond motifs is 4. The molecule has 0 aliphatic heterocycles. The SMILES string of the molecule is CCSc1nc2c(F)c(-c3cc(OCOC)cc4ccc(F)c(CC)c34)n3nccc3c2c(=O)[nH]1. The van der Waals surface area contributed by atoms with E-state index < -0.39 is 11.4 Å². The number of nitrogens with zero attached hydrogens (tertiary/aromatic N) is 3. The topological polar surface area (TPSA) is 81.5 Å². The van der Waals surface area contributed by atoms with Gasteiger partial charge in [0.25, 0.3) is 5.56 Å². The summed E-state index contributed by atoms with van der Waals surface area (Å²) < 4.78 is 43.3. The van der Waals surface area contributed by atoms with E-state index in [1.165, 1.54) is 35.7 Å². The highest BCUT2D eigenvalue weighted by molar-refractivity contribution is 7.99. The second kappa shape index (κ2) is 9.27. The summed E-state index contributed by atoms with van der Waals surface area (Å²) in [6.07, 6.45) is 1.88. The standard InChI is InChI=1S/C25H22F2N4O3S/c1-4-15-17(26)7-6-13-10-14(34-12-33-3)11-16(19(13)15)23-21(27)22-20(18-8-9-28-31(18)23)24(32)30-25(29-22)35-5-2/h6-11H,4-5,12H2,1-3H3,(H,29,30,32). The fraction of sp³-hybridized carbons (Fsp3) is 0.240. The predicted molar refractivity (Wildman–Crippen MR) is 132 cm³/mol. The zero-order valence-corrected chi connectivity index (χ0v) is 20.1. The highest BCUT2D eigenvalue weighted by Crippen LogP contribution is 2.39. The van der Waals surface area contributed by atoms with Crippen LogP contribution in [0.15, 0.2) is 46.5 Å². The first-order chi connectivity index (χ1) is 17.0. The lowest BCUT2D eigenvalue weighted by Crippen LogP contribution is -2.13. The summed E-state index contributed by atoms with van der Waals surface area (Å²) in [6, 6.07) is 8.05. The Bertz CT molecular complexity index is 1650. The van der Waals surface area contributed by atoms with E-state index in [-0.39, 0.29) is 29.2 Å². The van der Waals surface area contributed by atoms with Gasteiger partial charge in [-0.3, -0.25) is 4.79 Å². The van der Waals surface area contributed by atoms with E-state index in [0.29, 0.717) is 50.5 Å². The largest absolute Gasteiger partial charge is 0.468 e. The Morgan fingerprint density at radius 3 is 2.71 bits per heavy atom. The van der Waals surface area contributed by atoms with Gasteiger partial charge >= 0.3 is 0 Å². The second-order valence-corrected chi connectivity index (χ2v) is 9.07. The lowest BCUT2D eigenvalue weighted by atomic mass is 9.94. The van der Waals surface area contributed by atoms with Gasteiger partial charge in [-0.05, 0) is 52.8 Å². The van der Waals surface area contributed by atoms with Crippen LogP contribution in [0.5, 0.6) is 5.75 Å². The van der Waals surface area contributed by atoms with Gasteiger partial charge in [-0.15, -0.1) is 0 Å². The molecule has 0 saturated heterocycles. The molecule has 0 spiro atoms. The average molecular weight is 497 g/mol. The van der Waals surface area contributed by atoms with Crippen molar-refractivity contribution in [3.8, 4) is 17.0 Å². The molecule has 5 aromatic rings. The van der Waals surface area contributed by atoms with Crippen LogP contribution < -0.4 is 10.3 Å². The molecule has 35 heavy (non-hydrogen) atoms. The van der Waals surface area contributed by atoms with Crippen LogP contribution >= 0.6 is 11.8 Å². The van der Waals surface area contributed by atoms with E-state index in [0.717, 1.165) is 0 Å². The maximum Gasteiger partial charge on any atom is 0.261 e. The highest BCUT2D eigenvalue weighted by Gasteiger charge is 2.24. The summed E-state index contributed by atoms with van der Waals surface area (Å²) >= 11 is 1.30. The maximum atomic E-state index is 16.4. The molecule has 0 bridgehead atoms. The van der Waals surface area contributed by atoms with E-state index in [2.05, 4.69) is 15.1 Å². The number of ether oxygens (including phenoxy) is 2. The normalized spacial score (nSPS) is 11.7. The summed E-state index contributed by atoms with van der Waals surface area (Å²) in [5.41, 5.74) is 0.754. The first kappa shape index (κ1) is 23.3. The smallest absolute Gasteiger partial charge is 0.261 e. The van der Waals surface area contributed by atoms with E-state index in [4.69, 9.17) is 9.47 Å². The van der Waals surface area contributed by atoms with Crippen molar-refractivity contribution in [2.45, 2.75) is 25.4 Å². The molecule has 0 atom stereocenters. The molecule has 0 aliphatic rings. The van der Waals surface area contributed by atoms with Gasteiger partial charge in [0.2, 0.25) is 0 Å². The van der Waals surface area contributed by atoms with Crippen LogP contribution in [0.4, 0.5) is 8.78 Å². The lowest BCUT2D eigenvalue weighted by molar-refractivity contribution is 0.0512. The first-order valence-electron chi connectivity index (χ1n) is 11.1. The molecule has 0 radical (unpaired) electrons. The Morgan fingerprint density at radius 2 is 1.97 bits per heavy atom. The first-order valence-corrected chi connectivity index (χ1v) is 12.1. The summed E-state index contributed by atoms with van der Waals surface area (Å²) in [7, 11) is 1.50. The van der Waals surface area contributed by atoms with Gasteiger partial charge in [0.05, 0.1) is 17.1 Å². The molecular weight excluding hydrogens is 474 g/mol. The Kier molecular flexibility index (Phi) is 6.16. The van der Waals surface area contributed by atoms with Crippen molar-refractivity contribution in [2.75, 3.05) is 19.7 Å². The summed E-state index contributed by atoms with van der Waals surface area (Å²) in [4.78, 5) is 20.0. The van der Waals surface area contributed by atoms with Gasteiger partial charge < -0.3 is 14.5 Å². The monoisotopic (exact) mass is 496 g/mol. The van der Waals surface area contributed by atoms with Gasteiger partial charge in [-0.25, -0.2) is 18.3 Å². The third-order valence-corrected chi connectivity index (χ3v) is 6.55. The van der Waals surface area contributed by atoms with Crippen molar-refractivity contribution in [3.63, 3.8) is 0 Å². The average Bonchev–Trinajstić information content (AvgIpc) is 3.32. The molecule has 180 valence electrons. The molecule has 3 heterocycles. The van der Waals surface area contributed by atoms with Crippen LogP contribution in [0.1, 0.15) is 19.4 Å². The van der Waals surface area contributed by atoms with Crippen molar-refractivity contribution in [3.05, 3.63) is 64.1 Å². The van der Waals surface area contributed by atoms with Gasteiger partial charge in [0.1, 0.15) is 22.8 Å². The Labute approximate surface area is 203 Å². The highest BCUT2D eigenvalue weighted by atomic mass is 32.2. The van der Waals surface area contributed by atoms with Crippen molar-refractivity contribution in [1.82, 2.24) is 19.6 Å². The summed E-state index contributed by atoms with van der Waals surface area (Å²) in [5, 5.41) is 5.95. The number of rotatable bonds is 7. The van der Waals surface area contributed by atoms with Crippen LogP contribution in [-0.4, -0.2) is 39.2 Å².